The van der Waals surface area contributed by atoms with Crippen molar-refractivity contribution < 1.29 is 23.7 Å². The average molecular weight is 426 g/mol. The Morgan fingerprint density at radius 3 is 2.48 bits per heavy atom. The van der Waals surface area contributed by atoms with Crippen LogP contribution in [-0.4, -0.2) is 32.8 Å². The van der Waals surface area contributed by atoms with E-state index >= 15 is 0 Å². The molecule has 2 aliphatic heterocycles. The maximum Gasteiger partial charge on any atom is 0.292 e. The van der Waals surface area contributed by atoms with Gasteiger partial charge in [0.2, 0.25) is 0 Å². The molecule has 0 saturated carbocycles. The fourth-order valence-electron chi connectivity index (χ4n) is 4.42. The zero-order valence-corrected chi connectivity index (χ0v) is 18.8. The predicted octanol–water partition coefficient (Wildman–Crippen LogP) is 4.63. The summed E-state index contributed by atoms with van der Waals surface area (Å²) in [6, 6.07) is 9.90. The monoisotopic (exact) mass is 425 g/mol. The molecule has 0 atom stereocenters. The number of hydrogen-bond donors (Lipinski definition) is 0. The van der Waals surface area contributed by atoms with Crippen LogP contribution < -0.4 is 14.4 Å². The van der Waals surface area contributed by atoms with E-state index in [4.69, 9.17) is 18.9 Å². The number of carbonyl (C=O) groups excluding carboxylic acids is 1. The van der Waals surface area contributed by atoms with Crippen LogP contribution in [0.1, 0.15) is 48.4 Å². The van der Waals surface area contributed by atoms with Gasteiger partial charge < -0.3 is 23.8 Å². The Hall–Kier alpha value is -2.57. The SMILES string of the molecule is CCCCCOc1ccc(CN2C(=O)C3(OCCO3)c3c(C)ccc(C)c32)cc1OC. The average Bonchev–Trinajstić information content (AvgIpc) is 3.35. The number of nitrogens with zero attached hydrogens (tertiary/aromatic N) is 1. The minimum atomic E-state index is -1.32. The van der Waals surface area contributed by atoms with Crippen molar-refractivity contribution in [1.29, 1.82) is 0 Å². The molecule has 0 radical (unpaired) electrons. The molecular formula is C25H31NO5. The first kappa shape index (κ1) is 21.7. The van der Waals surface area contributed by atoms with E-state index < -0.39 is 5.79 Å². The standard InChI is InChI=1S/C25H31NO5/c1-5-6-7-12-29-20-11-10-19(15-21(20)28-4)16-26-23-18(3)9-8-17(2)22(23)25(24(26)27)30-13-14-31-25/h8-11,15H,5-7,12-14,16H2,1-4H3. The van der Waals surface area contributed by atoms with Crippen LogP contribution in [0.4, 0.5) is 5.69 Å². The van der Waals surface area contributed by atoms with E-state index in [0.29, 0.717) is 32.1 Å². The minimum absolute atomic E-state index is 0.170. The van der Waals surface area contributed by atoms with Gasteiger partial charge in [0, 0.05) is 5.56 Å². The zero-order valence-electron chi connectivity index (χ0n) is 18.8. The molecule has 2 heterocycles. The van der Waals surface area contributed by atoms with Crippen LogP contribution in [0, 0.1) is 13.8 Å². The van der Waals surface area contributed by atoms with Crippen molar-refractivity contribution >= 4 is 11.6 Å². The van der Waals surface area contributed by atoms with E-state index in [1.807, 2.05) is 44.2 Å². The topological polar surface area (TPSA) is 57.2 Å². The van der Waals surface area contributed by atoms with Gasteiger partial charge in [0.05, 0.1) is 39.2 Å². The molecular weight excluding hydrogens is 394 g/mol. The van der Waals surface area contributed by atoms with Gasteiger partial charge in [0.15, 0.2) is 11.5 Å². The first-order chi connectivity index (χ1) is 15.0. The highest BCUT2D eigenvalue weighted by Crippen LogP contribution is 2.49. The summed E-state index contributed by atoms with van der Waals surface area (Å²) in [5.74, 6) is -0.0969. The molecule has 1 fully saturated rings. The van der Waals surface area contributed by atoms with E-state index in [2.05, 4.69) is 6.92 Å². The Kier molecular flexibility index (Phi) is 6.21. The molecule has 4 rings (SSSR count). The molecule has 0 aliphatic carbocycles. The fourth-order valence-corrected chi connectivity index (χ4v) is 4.42. The third-order valence-corrected chi connectivity index (χ3v) is 5.98. The fraction of sp³-hybridized carbons (Fsp3) is 0.480. The minimum Gasteiger partial charge on any atom is -0.493 e. The number of hydrogen-bond acceptors (Lipinski definition) is 5. The molecule has 1 saturated heterocycles. The number of anilines is 1. The molecule has 1 amide bonds. The summed E-state index contributed by atoms with van der Waals surface area (Å²) in [5.41, 5.74) is 4.68. The van der Waals surface area contributed by atoms with E-state index in [0.717, 1.165) is 53.0 Å². The van der Waals surface area contributed by atoms with Crippen LogP contribution in [0.5, 0.6) is 11.5 Å². The van der Waals surface area contributed by atoms with Crippen LogP contribution in [0.3, 0.4) is 0 Å². The van der Waals surface area contributed by atoms with Crippen molar-refractivity contribution in [3.8, 4) is 11.5 Å². The molecule has 0 N–H and O–H groups in total. The zero-order chi connectivity index (χ0) is 22.0. The Balaban J connectivity index is 1.63. The number of ether oxygens (including phenoxy) is 4. The van der Waals surface area contributed by atoms with E-state index in [9.17, 15) is 4.79 Å². The quantitative estimate of drug-likeness (QED) is 0.578. The lowest BCUT2D eigenvalue weighted by molar-refractivity contribution is -0.181. The molecule has 2 aromatic rings. The van der Waals surface area contributed by atoms with Gasteiger partial charge in [-0.25, -0.2) is 0 Å². The van der Waals surface area contributed by atoms with Gasteiger partial charge in [-0.1, -0.05) is 38.0 Å². The lowest BCUT2D eigenvalue weighted by atomic mass is 9.98. The third kappa shape index (κ3) is 3.79. The summed E-state index contributed by atoms with van der Waals surface area (Å²) in [4.78, 5) is 15.3. The number of rotatable bonds is 8. The first-order valence-electron chi connectivity index (χ1n) is 11.0. The second-order valence-electron chi connectivity index (χ2n) is 8.17. The van der Waals surface area contributed by atoms with Crippen LogP contribution in [0.25, 0.3) is 0 Å². The maximum atomic E-state index is 13.5. The molecule has 31 heavy (non-hydrogen) atoms. The molecule has 6 heteroatoms. The Morgan fingerprint density at radius 2 is 1.77 bits per heavy atom. The van der Waals surface area contributed by atoms with Crippen LogP contribution >= 0.6 is 0 Å². The summed E-state index contributed by atoms with van der Waals surface area (Å²) in [6.07, 6.45) is 3.31. The summed E-state index contributed by atoms with van der Waals surface area (Å²) in [7, 11) is 1.64. The second-order valence-corrected chi connectivity index (χ2v) is 8.17. The molecule has 1 spiro atoms. The van der Waals surface area contributed by atoms with Crippen molar-refractivity contribution in [2.75, 3.05) is 31.8 Å². The highest BCUT2D eigenvalue weighted by atomic mass is 16.7. The molecule has 0 aromatic heterocycles. The molecule has 0 unspecified atom stereocenters. The number of benzene rings is 2. The number of unbranched alkanes of at least 4 members (excludes halogenated alkanes) is 2. The Morgan fingerprint density at radius 1 is 1.03 bits per heavy atom. The first-order valence-corrected chi connectivity index (χ1v) is 11.0. The van der Waals surface area contributed by atoms with Gasteiger partial charge in [0.1, 0.15) is 0 Å². The summed E-state index contributed by atoms with van der Waals surface area (Å²) in [5, 5.41) is 0. The van der Waals surface area contributed by atoms with E-state index in [-0.39, 0.29) is 5.91 Å². The molecule has 2 aliphatic rings. The Bertz CT molecular complexity index is 965. The van der Waals surface area contributed by atoms with Gasteiger partial charge in [-0.2, -0.15) is 0 Å². The maximum absolute atomic E-state index is 13.5. The normalized spacial score (nSPS) is 16.8. The number of amides is 1. The second kappa shape index (κ2) is 8.89. The summed E-state index contributed by atoms with van der Waals surface area (Å²) < 4.78 is 23.3. The smallest absolute Gasteiger partial charge is 0.292 e. The van der Waals surface area contributed by atoms with Crippen molar-refractivity contribution in [2.24, 2.45) is 0 Å². The van der Waals surface area contributed by atoms with Gasteiger partial charge in [-0.15, -0.1) is 0 Å². The highest BCUT2D eigenvalue weighted by molar-refractivity contribution is 6.07. The largest absolute Gasteiger partial charge is 0.493 e. The van der Waals surface area contributed by atoms with Crippen molar-refractivity contribution in [3.05, 3.63) is 52.6 Å². The highest BCUT2D eigenvalue weighted by Gasteiger charge is 2.57. The Labute approximate surface area is 184 Å². The summed E-state index contributed by atoms with van der Waals surface area (Å²) in [6.45, 7) is 8.06. The van der Waals surface area contributed by atoms with Crippen molar-refractivity contribution in [2.45, 2.75) is 52.4 Å². The van der Waals surface area contributed by atoms with Crippen LogP contribution in [0.15, 0.2) is 30.3 Å². The molecule has 6 nitrogen and oxygen atoms in total. The molecule has 166 valence electrons. The lowest BCUT2D eigenvalue weighted by Crippen LogP contribution is -2.41. The van der Waals surface area contributed by atoms with Crippen molar-refractivity contribution in [3.63, 3.8) is 0 Å². The number of fused-ring (bicyclic) bond motifs is 2. The van der Waals surface area contributed by atoms with Crippen molar-refractivity contribution in [1.82, 2.24) is 0 Å². The van der Waals surface area contributed by atoms with E-state index in [1.54, 1.807) is 12.0 Å². The van der Waals surface area contributed by atoms with Gasteiger partial charge in [-0.05, 0) is 49.1 Å². The number of carbonyl (C=O) groups is 1. The van der Waals surface area contributed by atoms with Crippen LogP contribution in [-0.2, 0) is 26.6 Å². The number of methoxy groups -OCH3 is 1. The van der Waals surface area contributed by atoms with E-state index in [1.165, 1.54) is 0 Å². The molecule has 2 aromatic carbocycles. The van der Waals surface area contributed by atoms with Gasteiger partial charge >= 0.3 is 0 Å². The lowest BCUT2D eigenvalue weighted by Gasteiger charge is -2.23. The van der Waals surface area contributed by atoms with Crippen LogP contribution in [0.2, 0.25) is 0 Å². The molecule has 0 bridgehead atoms. The predicted molar refractivity (Wildman–Crippen MR) is 119 cm³/mol. The summed E-state index contributed by atoms with van der Waals surface area (Å²) >= 11 is 0. The third-order valence-electron chi connectivity index (χ3n) is 5.98. The van der Waals surface area contributed by atoms with Gasteiger partial charge in [-0.3, -0.25) is 4.79 Å². The number of aryl methyl sites for hydroxylation is 2. The van der Waals surface area contributed by atoms with Gasteiger partial charge in [0.25, 0.3) is 11.7 Å².